The van der Waals surface area contributed by atoms with E-state index in [1.807, 2.05) is 6.07 Å². The summed E-state index contributed by atoms with van der Waals surface area (Å²) in [7, 11) is -3.85. The Morgan fingerprint density at radius 3 is 2.57 bits per heavy atom. The van der Waals surface area contributed by atoms with Crippen molar-refractivity contribution in [2.45, 2.75) is 19.6 Å². The molecular weight excluding hydrogens is 408 g/mol. The van der Waals surface area contributed by atoms with Gasteiger partial charge in [0.25, 0.3) is 0 Å². The van der Waals surface area contributed by atoms with Crippen molar-refractivity contribution in [2.75, 3.05) is 18.0 Å². The van der Waals surface area contributed by atoms with Crippen molar-refractivity contribution in [2.24, 2.45) is 5.92 Å². The van der Waals surface area contributed by atoms with Crippen molar-refractivity contribution in [1.29, 1.82) is 5.26 Å². The maximum Gasteiger partial charge on any atom is 0.337 e. The number of carbonyl (C=O) groups excluding carboxylic acids is 1. The van der Waals surface area contributed by atoms with Gasteiger partial charge in [0.2, 0.25) is 15.9 Å². The third kappa shape index (κ3) is 4.41. The van der Waals surface area contributed by atoms with Gasteiger partial charge in [-0.05, 0) is 31.0 Å². The monoisotopic (exact) mass is 428 g/mol. The molecule has 1 aromatic heterocycles. The van der Waals surface area contributed by atoms with Crippen LogP contribution in [0.4, 0.5) is 5.82 Å². The van der Waals surface area contributed by atoms with Gasteiger partial charge in [0, 0.05) is 13.1 Å². The maximum absolute atomic E-state index is 12.4. The van der Waals surface area contributed by atoms with E-state index in [0.29, 0.717) is 5.56 Å². The highest BCUT2D eigenvalue weighted by atomic mass is 32.2. The first-order valence-corrected chi connectivity index (χ1v) is 10.8. The summed E-state index contributed by atoms with van der Waals surface area (Å²) >= 11 is 0. The number of amides is 1. The van der Waals surface area contributed by atoms with Gasteiger partial charge in [-0.25, -0.2) is 18.2 Å². The Morgan fingerprint density at radius 1 is 1.30 bits per heavy atom. The fraction of sp³-hybridized carbons (Fsp3) is 0.300. The summed E-state index contributed by atoms with van der Waals surface area (Å²) in [4.78, 5) is 29.4. The SMILES string of the molecule is Cc1ccccc1CS(=O)(=O)NC(=O)C1CN(c2nc(C)c(C(=O)O)cc2C#N)C1. The fourth-order valence-corrected chi connectivity index (χ4v) is 4.48. The van der Waals surface area contributed by atoms with Gasteiger partial charge in [-0.1, -0.05) is 24.3 Å². The van der Waals surface area contributed by atoms with Crippen LogP contribution in [0.1, 0.15) is 32.7 Å². The van der Waals surface area contributed by atoms with Gasteiger partial charge in [-0.3, -0.25) is 9.52 Å². The van der Waals surface area contributed by atoms with E-state index in [1.165, 1.54) is 13.0 Å². The molecule has 1 saturated heterocycles. The average Bonchev–Trinajstić information content (AvgIpc) is 2.61. The number of hydrogen-bond donors (Lipinski definition) is 2. The molecule has 1 aromatic carbocycles. The number of aromatic carboxylic acids is 1. The van der Waals surface area contributed by atoms with Crippen LogP contribution in [-0.2, 0) is 20.6 Å². The molecule has 1 aliphatic heterocycles. The largest absolute Gasteiger partial charge is 0.478 e. The fourth-order valence-electron chi connectivity index (χ4n) is 3.20. The summed E-state index contributed by atoms with van der Waals surface area (Å²) in [5, 5.41) is 18.5. The molecule has 0 saturated carbocycles. The molecule has 30 heavy (non-hydrogen) atoms. The van der Waals surface area contributed by atoms with Crippen molar-refractivity contribution < 1.29 is 23.1 Å². The van der Waals surface area contributed by atoms with Gasteiger partial charge in [0.05, 0.1) is 28.5 Å². The zero-order valence-corrected chi connectivity index (χ0v) is 17.2. The van der Waals surface area contributed by atoms with Crippen LogP contribution in [0.25, 0.3) is 0 Å². The summed E-state index contributed by atoms with van der Waals surface area (Å²) in [6.45, 7) is 3.68. The molecule has 0 unspecified atom stereocenters. The lowest BCUT2D eigenvalue weighted by atomic mass is 9.98. The van der Waals surface area contributed by atoms with Crippen molar-refractivity contribution >= 4 is 27.7 Å². The minimum absolute atomic E-state index is 0.0626. The second kappa shape index (κ2) is 8.12. The minimum atomic E-state index is -3.85. The van der Waals surface area contributed by atoms with Crippen LogP contribution in [-0.4, -0.2) is 43.5 Å². The van der Waals surface area contributed by atoms with E-state index in [9.17, 15) is 23.3 Å². The molecule has 1 amide bonds. The number of anilines is 1. The molecule has 10 heteroatoms. The molecule has 2 heterocycles. The van der Waals surface area contributed by atoms with Gasteiger partial charge in [0.1, 0.15) is 11.9 Å². The third-order valence-electron chi connectivity index (χ3n) is 4.96. The van der Waals surface area contributed by atoms with Gasteiger partial charge >= 0.3 is 5.97 Å². The zero-order chi connectivity index (χ0) is 22.1. The number of carboxylic acids is 1. The predicted molar refractivity (Wildman–Crippen MR) is 108 cm³/mol. The van der Waals surface area contributed by atoms with Crippen molar-refractivity contribution in [3.8, 4) is 6.07 Å². The van der Waals surface area contributed by atoms with E-state index in [2.05, 4.69) is 9.71 Å². The molecule has 0 atom stereocenters. The number of benzene rings is 1. The molecule has 2 N–H and O–H groups in total. The number of aromatic nitrogens is 1. The second-order valence-electron chi connectivity index (χ2n) is 7.16. The number of nitrogens with zero attached hydrogens (tertiary/aromatic N) is 3. The van der Waals surface area contributed by atoms with E-state index in [4.69, 9.17) is 5.11 Å². The summed E-state index contributed by atoms with van der Waals surface area (Å²) in [6, 6.07) is 10.2. The topological polar surface area (TPSA) is 140 Å². The average molecular weight is 428 g/mol. The Bertz CT molecular complexity index is 1160. The number of carbonyl (C=O) groups is 2. The van der Waals surface area contributed by atoms with Gasteiger partial charge in [0.15, 0.2) is 0 Å². The molecule has 3 rings (SSSR count). The molecule has 2 aromatic rings. The van der Waals surface area contributed by atoms with Crippen LogP contribution >= 0.6 is 0 Å². The van der Waals surface area contributed by atoms with Crippen LogP contribution in [0, 0.1) is 31.1 Å². The quantitative estimate of drug-likeness (QED) is 0.702. The summed E-state index contributed by atoms with van der Waals surface area (Å²) in [6.07, 6.45) is 0. The molecule has 0 radical (unpaired) electrons. The first kappa shape index (κ1) is 21.3. The molecule has 1 fully saturated rings. The van der Waals surface area contributed by atoms with Gasteiger partial charge < -0.3 is 10.0 Å². The number of hydrogen-bond acceptors (Lipinski definition) is 7. The second-order valence-corrected chi connectivity index (χ2v) is 8.89. The number of aryl methyl sites for hydroxylation is 2. The van der Waals surface area contributed by atoms with E-state index in [0.717, 1.165) is 5.56 Å². The first-order valence-electron chi connectivity index (χ1n) is 9.10. The normalized spacial score (nSPS) is 14.0. The molecule has 156 valence electrons. The lowest BCUT2D eigenvalue weighted by Crippen LogP contribution is -2.55. The molecule has 0 spiro atoms. The Balaban J connectivity index is 1.66. The number of nitriles is 1. The Morgan fingerprint density at radius 2 is 1.97 bits per heavy atom. The van der Waals surface area contributed by atoms with Crippen LogP contribution in [0.2, 0.25) is 0 Å². The number of carboxylic acid groups (broad SMARTS) is 1. The Kier molecular flexibility index (Phi) is 5.75. The van der Waals surface area contributed by atoms with E-state index in [1.54, 1.807) is 36.1 Å². The van der Waals surface area contributed by atoms with Crippen molar-refractivity contribution in [3.05, 3.63) is 58.3 Å². The lowest BCUT2D eigenvalue weighted by Gasteiger charge is -2.39. The predicted octanol–water partition coefficient (Wildman–Crippen LogP) is 1.35. The van der Waals surface area contributed by atoms with Crippen molar-refractivity contribution in [3.63, 3.8) is 0 Å². The van der Waals surface area contributed by atoms with Crippen LogP contribution < -0.4 is 9.62 Å². The number of pyridine rings is 1. The van der Waals surface area contributed by atoms with Gasteiger partial charge in [-0.15, -0.1) is 0 Å². The summed E-state index contributed by atoms with van der Waals surface area (Å²) < 4.78 is 26.8. The van der Waals surface area contributed by atoms with Gasteiger partial charge in [-0.2, -0.15) is 5.26 Å². The lowest BCUT2D eigenvalue weighted by molar-refractivity contribution is -0.123. The van der Waals surface area contributed by atoms with E-state index < -0.39 is 27.8 Å². The molecule has 1 aliphatic rings. The van der Waals surface area contributed by atoms with Crippen LogP contribution in [0.3, 0.4) is 0 Å². The highest BCUT2D eigenvalue weighted by Crippen LogP contribution is 2.28. The molecule has 0 aliphatic carbocycles. The minimum Gasteiger partial charge on any atom is -0.478 e. The highest BCUT2D eigenvalue weighted by Gasteiger charge is 2.36. The van der Waals surface area contributed by atoms with Crippen molar-refractivity contribution in [1.82, 2.24) is 9.71 Å². The molecular formula is C20H20N4O5S. The Hall–Kier alpha value is -3.45. The first-order chi connectivity index (χ1) is 14.1. The number of sulfonamides is 1. The molecule has 0 bridgehead atoms. The number of nitrogens with one attached hydrogen (secondary N) is 1. The summed E-state index contributed by atoms with van der Waals surface area (Å²) in [5.74, 6) is -2.38. The maximum atomic E-state index is 12.4. The third-order valence-corrected chi connectivity index (χ3v) is 6.16. The standard InChI is InChI=1S/C20H20N4O5S/c1-12-5-3-4-6-14(12)11-30(28,29)23-19(25)16-9-24(10-16)18-15(8-21)7-17(20(26)27)13(2)22-18/h3-7,16H,9-11H2,1-2H3,(H,23,25)(H,26,27). The smallest absolute Gasteiger partial charge is 0.337 e. The highest BCUT2D eigenvalue weighted by molar-refractivity contribution is 7.89. The van der Waals surface area contributed by atoms with E-state index >= 15 is 0 Å². The number of rotatable bonds is 6. The molecule has 9 nitrogen and oxygen atoms in total. The van der Waals surface area contributed by atoms with Crippen LogP contribution in [0.15, 0.2) is 30.3 Å². The van der Waals surface area contributed by atoms with E-state index in [-0.39, 0.29) is 41.5 Å². The summed E-state index contributed by atoms with van der Waals surface area (Å²) in [5.41, 5.74) is 1.71. The van der Waals surface area contributed by atoms with Crippen LogP contribution in [0.5, 0.6) is 0 Å². The zero-order valence-electron chi connectivity index (χ0n) is 16.4. The Labute approximate surface area is 174 Å².